The number of fused-ring (bicyclic) bond motifs is 2. The third-order valence-corrected chi connectivity index (χ3v) is 8.58. The maximum absolute atomic E-state index is 13.9. The second-order valence-corrected chi connectivity index (χ2v) is 12.9. The van der Waals surface area contributed by atoms with E-state index >= 15 is 0 Å². The van der Waals surface area contributed by atoms with Crippen LogP contribution >= 0.6 is 7.14 Å². The molecule has 3 heterocycles. The number of hydrogen-bond acceptors (Lipinski definition) is 3. The molecule has 178 valence electrons. The summed E-state index contributed by atoms with van der Waals surface area (Å²) in [6.07, 6.45) is 3.67. The fraction of sp³-hybridized carbons (Fsp3) is 0.250. The van der Waals surface area contributed by atoms with Crippen LogP contribution in [0, 0.1) is 5.82 Å². The molecule has 1 aliphatic rings. The summed E-state index contributed by atoms with van der Waals surface area (Å²) in [4.78, 5) is 0. The van der Waals surface area contributed by atoms with Gasteiger partial charge in [0.2, 0.25) is 0 Å². The molecular formula is C28H27FN3O2P. The fourth-order valence-electron chi connectivity index (χ4n) is 5.26. The molecule has 0 bridgehead atoms. The highest BCUT2D eigenvalue weighted by Crippen LogP contribution is 2.45. The van der Waals surface area contributed by atoms with E-state index in [4.69, 9.17) is 4.74 Å². The topological polar surface area (TPSA) is 59.9 Å². The number of aromatic nitrogens is 3. The Morgan fingerprint density at radius 1 is 1.03 bits per heavy atom. The predicted octanol–water partition coefficient (Wildman–Crippen LogP) is 6.45. The molecule has 3 aromatic carbocycles. The van der Waals surface area contributed by atoms with E-state index in [1.807, 2.05) is 30.5 Å². The largest absolute Gasteiger partial charge is 0.381 e. The summed E-state index contributed by atoms with van der Waals surface area (Å²) < 4.78 is 34.5. The molecule has 5 aromatic rings. The molecule has 0 unspecified atom stereocenters. The number of rotatable bonds is 4. The van der Waals surface area contributed by atoms with E-state index in [2.05, 4.69) is 39.0 Å². The normalized spacial score (nSPS) is 15.3. The van der Waals surface area contributed by atoms with E-state index < -0.39 is 7.14 Å². The first-order valence-electron chi connectivity index (χ1n) is 11.9. The lowest BCUT2D eigenvalue weighted by atomic mass is 9.90. The molecule has 35 heavy (non-hydrogen) atoms. The van der Waals surface area contributed by atoms with Gasteiger partial charge in [-0.15, -0.1) is 0 Å². The van der Waals surface area contributed by atoms with Crippen molar-refractivity contribution in [2.24, 2.45) is 0 Å². The number of H-pyrrole nitrogens is 1. The lowest BCUT2D eigenvalue weighted by Gasteiger charge is -2.26. The minimum atomic E-state index is -2.36. The van der Waals surface area contributed by atoms with Gasteiger partial charge in [0.05, 0.1) is 17.2 Å². The Hall–Kier alpha value is -3.21. The standard InChI is InChI=1S/C28H27FN3O2P/c1-35(2,33)23-9-3-18(4-10-23)27-24-16-25-20(17-30-31-25)15-26(24)32(22-7-5-21(29)6-8-22)28(27)19-11-13-34-14-12-19/h3-10,15-17,19H,11-14H2,1-2H3,(H,30,31). The Morgan fingerprint density at radius 2 is 1.74 bits per heavy atom. The molecule has 0 radical (unpaired) electrons. The number of halogens is 1. The molecule has 5 nitrogen and oxygen atoms in total. The summed E-state index contributed by atoms with van der Waals surface area (Å²) >= 11 is 0. The Labute approximate surface area is 203 Å². The third kappa shape index (κ3) is 3.91. The molecule has 1 N–H and O–H groups in total. The molecule has 7 heteroatoms. The van der Waals surface area contributed by atoms with Crippen molar-refractivity contribution in [1.82, 2.24) is 14.8 Å². The molecule has 0 atom stereocenters. The fourth-order valence-corrected chi connectivity index (χ4v) is 6.13. The van der Waals surface area contributed by atoms with Gasteiger partial charge in [-0.25, -0.2) is 4.39 Å². The second-order valence-electron chi connectivity index (χ2n) is 9.68. The number of benzene rings is 3. The van der Waals surface area contributed by atoms with Gasteiger partial charge in [0, 0.05) is 52.2 Å². The minimum absolute atomic E-state index is 0.255. The number of nitrogens with zero attached hydrogens (tertiary/aromatic N) is 2. The van der Waals surface area contributed by atoms with Crippen LogP contribution in [0.4, 0.5) is 4.39 Å². The third-order valence-electron chi connectivity index (χ3n) is 7.03. The number of ether oxygens (including phenoxy) is 1. The monoisotopic (exact) mass is 487 g/mol. The average molecular weight is 488 g/mol. The summed E-state index contributed by atoms with van der Waals surface area (Å²) in [5.41, 5.74) is 6.39. The highest BCUT2D eigenvalue weighted by Gasteiger charge is 2.28. The Balaban J connectivity index is 1.70. The maximum Gasteiger partial charge on any atom is 0.123 e. The van der Waals surface area contributed by atoms with Crippen molar-refractivity contribution in [3.05, 3.63) is 78.4 Å². The maximum atomic E-state index is 13.9. The van der Waals surface area contributed by atoms with Gasteiger partial charge in [-0.3, -0.25) is 5.10 Å². The molecule has 0 aliphatic carbocycles. The van der Waals surface area contributed by atoms with Crippen molar-refractivity contribution >= 4 is 34.3 Å². The van der Waals surface area contributed by atoms with Crippen molar-refractivity contribution < 1.29 is 13.7 Å². The summed E-state index contributed by atoms with van der Waals surface area (Å²) in [6.45, 7) is 5.02. The van der Waals surface area contributed by atoms with Crippen LogP contribution in [0.2, 0.25) is 0 Å². The lowest BCUT2D eigenvalue weighted by Crippen LogP contribution is -2.17. The molecule has 1 aliphatic heterocycles. The van der Waals surface area contributed by atoms with E-state index in [9.17, 15) is 8.96 Å². The quantitative estimate of drug-likeness (QED) is 0.296. The zero-order valence-electron chi connectivity index (χ0n) is 19.8. The van der Waals surface area contributed by atoms with Crippen LogP contribution in [0.15, 0.2) is 66.9 Å². The molecule has 1 fully saturated rings. The van der Waals surface area contributed by atoms with Gasteiger partial charge in [0.25, 0.3) is 0 Å². The van der Waals surface area contributed by atoms with E-state index in [0.29, 0.717) is 13.2 Å². The predicted molar refractivity (Wildman–Crippen MR) is 140 cm³/mol. The highest BCUT2D eigenvalue weighted by molar-refractivity contribution is 7.70. The number of hydrogen-bond donors (Lipinski definition) is 1. The van der Waals surface area contributed by atoms with Gasteiger partial charge in [-0.05, 0) is 68.1 Å². The van der Waals surface area contributed by atoms with Gasteiger partial charge >= 0.3 is 0 Å². The summed E-state index contributed by atoms with van der Waals surface area (Å²) in [5, 5.41) is 10.3. The molecule has 2 aromatic heterocycles. The van der Waals surface area contributed by atoms with Gasteiger partial charge in [0.1, 0.15) is 13.0 Å². The molecule has 0 spiro atoms. The van der Waals surface area contributed by atoms with E-state index in [0.717, 1.165) is 56.8 Å². The van der Waals surface area contributed by atoms with Gasteiger partial charge < -0.3 is 13.9 Å². The Morgan fingerprint density at radius 3 is 2.43 bits per heavy atom. The van der Waals surface area contributed by atoms with Gasteiger partial charge in [-0.1, -0.05) is 24.3 Å². The number of aromatic amines is 1. The summed E-state index contributed by atoms with van der Waals surface area (Å²) in [6, 6.07) is 19.2. The van der Waals surface area contributed by atoms with Gasteiger partial charge in [0.15, 0.2) is 0 Å². The zero-order valence-corrected chi connectivity index (χ0v) is 20.7. The Bertz CT molecular complexity index is 1570. The van der Waals surface area contributed by atoms with E-state index in [1.165, 1.54) is 17.8 Å². The van der Waals surface area contributed by atoms with Crippen LogP contribution in [-0.4, -0.2) is 41.3 Å². The Kier molecular flexibility index (Phi) is 5.39. The van der Waals surface area contributed by atoms with Crippen molar-refractivity contribution in [2.75, 3.05) is 26.5 Å². The lowest BCUT2D eigenvalue weighted by molar-refractivity contribution is 0.0844. The van der Waals surface area contributed by atoms with Crippen molar-refractivity contribution in [2.45, 2.75) is 18.8 Å². The van der Waals surface area contributed by atoms with E-state index in [1.54, 1.807) is 13.3 Å². The molecular weight excluding hydrogens is 460 g/mol. The van der Waals surface area contributed by atoms with Crippen molar-refractivity contribution in [1.29, 1.82) is 0 Å². The van der Waals surface area contributed by atoms with Crippen LogP contribution in [0.3, 0.4) is 0 Å². The zero-order chi connectivity index (χ0) is 24.2. The summed E-state index contributed by atoms with van der Waals surface area (Å²) in [7, 11) is -2.36. The van der Waals surface area contributed by atoms with Crippen LogP contribution in [0.25, 0.3) is 38.6 Å². The first-order valence-corrected chi connectivity index (χ1v) is 14.5. The summed E-state index contributed by atoms with van der Waals surface area (Å²) in [5.74, 6) is 0.0326. The molecule has 0 amide bonds. The molecule has 0 saturated carbocycles. The molecule has 6 rings (SSSR count). The van der Waals surface area contributed by atoms with E-state index in [-0.39, 0.29) is 11.7 Å². The van der Waals surface area contributed by atoms with Crippen molar-refractivity contribution in [3.63, 3.8) is 0 Å². The van der Waals surface area contributed by atoms with Gasteiger partial charge in [-0.2, -0.15) is 5.10 Å². The molecule has 1 saturated heterocycles. The smallest absolute Gasteiger partial charge is 0.123 e. The van der Waals surface area contributed by atoms with Crippen LogP contribution < -0.4 is 5.30 Å². The van der Waals surface area contributed by atoms with Crippen LogP contribution in [0.5, 0.6) is 0 Å². The highest BCUT2D eigenvalue weighted by atomic mass is 31.2. The first kappa shape index (κ1) is 22.3. The second kappa shape index (κ2) is 8.47. The minimum Gasteiger partial charge on any atom is -0.381 e. The van der Waals surface area contributed by atoms with Crippen molar-refractivity contribution in [3.8, 4) is 16.8 Å². The average Bonchev–Trinajstić information content (AvgIpc) is 3.45. The SMILES string of the molecule is CP(C)(=O)c1ccc(-c2c(C3CCOCC3)n(-c3ccc(F)cc3)c3cc4cn[nH]c4cc23)cc1. The van der Waals surface area contributed by atoms with Crippen LogP contribution in [-0.2, 0) is 9.30 Å². The number of nitrogens with one attached hydrogen (secondary N) is 1. The first-order chi connectivity index (χ1) is 16.9. The van der Waals surface area contributed by atoms with Crippen LogP contribution in [0.1, 0.15) is 24.5 Å².